The van der Waals surface area contributed by atoms with Gasteiger partial charge < -0.3 is 14.8 Å². The Bertz CT molecular complexity index is 727. The molecule has 1 N–H and O–H groups in total. The summed E-state index contributed by atoms with van der Waals surface area (Å²) >= 11 is 0. The lowest BCUT2D eigenvalue weighted by Crippen LogP contribution is -2.48. The van der Waals surface area contributed by atoms with Gasteiger partial charge in [-0.25, -0.2) is 0 Å². The van der Waals surface area contributed by atoms with Crippen molar-refractivity contribution >= 4 is 17.4 Å². The maximum absolute atomic E-state index is 12.5. The molecule has 0 spiro atoms. The monoisotopic (exact) mass is 311 g/mol. The molecule has 1 fully saturated rings. The van der Waals surface area contributed by atoms with E-state index in [4.69, 9.17) is 0 Å². The summed E-state index contributed by atoms with van der Waals surface area (Å²) in [4.78, 5) is 30.9. The van der Waals surface area contributed by atoms with Crippen molar-refractivity contribution < 1.29 is 9.59 Å². The molecule has 0 saturated carbocycles. The van der Waals surface area contributed by atoms with Gasteiger partial charge in [0.25, 0.3) is 5.91 Å². The summed E-state index contributed by atoms with van der Waals surface area (Å²) < 4.78 is 0. The van der Waals surface area contributed by atoms with Crippen molar-refractivity contribution in [1.82, 2.24) is 9.88 Å². The molecule has 0 radical (unpaired) electrons. The number of nitrogens with one attached hydrogen (secondary N) is 1. The Kier molecular flexibility index (Phi) is 4.19. The number of aromatic amines is 1. The Morgan fingerprint density at radius 2 is 1.83 bits per heavy atom. The lowest BCUT2D eigenvalue weighted by molar-refractivity contribution is 0.0741. The number of aromatic nitrogens is 1. The van der Waals surface area contributed by atoms with Crippen LogP contribution in [0.1, 0.15) is 33.3 Å². The van der Waals surface area contributed by atoms with Crippen LogP contribution in [0.4, 0.5) is 5.69 Å². The number of Topliss-reactive ketones (excluding diaryl/α,β-unsaturated/α-hetero) is 1. The summed E-state index contributed by atoms with van der Waals surface area (Å²) in [6.45, 7) is 6.58. The Morgan fingerprint density at radius 3 is 2.43 bits per heavy atom. The number of carbonyl (C=O) groups excluding carboxylic acids is 2. The van der Waals surface area contributed by atoms with E-state index >= 15 is 0 Å². The van der Waals surface area contributed by atoms with Crippen molar-refractivity contribution in [2.75, 3.05) is 31.1 Å². The highest BCUT2D eigenvalue weighted by Gasteiger charge is 2.23. The zero-order valence-corrected chi connectivity index (χ0v) is 13.5. The van der Waals surface area contributed by atoms with E-state index in [0.717, 1.165) is 13.1 Å². The third kappa shape index (κ3) is 3.28. The van der Waals surface area contributed by atoms with Crippen molar-refractivity contribution in [3.8, 4) is 0 Å². The first kappa shape index (κ1) is 15.3. The number of hydrogen-bond acceptors (Lipinski definition) is 3. The van der Waals surface area contributed by atoms with Crippen LogP contribution in [0.25, 0.3) is 0 Å². The fraction of sp³-hybridized carbons (Fsp3) is 0.333. The number of anilines is 1. The van der Waals surface area contributed by atoms with Crippen molar-refractivity contribution in [2.45, 2.75) is 13.8 Å². The third-order valence-electron chi connectivity index (χ3n) is 4.25. The molecule has 1 aromatic heterocycles. The summed E-state index contributed by atoms with van der Waals surface area (Å²) in [6, 6.07) is 10.1. The number of aryl methyl sites for hydroxylation is 1. The average molecular weight is 311 g/mol. The van der Waals surface area contributed by atoms with E-state index in [1.165, 1.54) is 18.2 Å². The van der Waals surface area contributed by atoms with E-state index in [1.807, 2.05) is 4.90 Å². The molecule has 1 amide bonds. The largest absolute Gasteiger partial charge is 0.368 e. The predicted octanol–water partition coefficient (Wildman–Crippen LogP) is 2.49. The summed E-state index contributed by atoms with van der Waals surface area (Å²) in [5.74, 6) is -0.0778. The van der Waals surface area contributed by atoms with Gasteiger partial charge in [0.05, 0.1) is 0 Å². The fourth-order valence-electron chi connectivity index (χ4n) is 2.88. The Balaban J connectivity index is 1.64. The van der Waals surface area contributed by atoms with Gasteiger partial charge in [0.2, 0.25) is 0 Å². The zero-order valence-electron chi connectivity index (χ0n) is 13.5. The number of hydrogen-bond donors (Lipinski definition) is 1. The lowest BCUT2D eigenvalue weighted by Gasteiger charge is -2.36. The van der Waals surface area contributed by atoms with Crippen LogP contribution in [0.3, 0.4) is 0 Å². The van der Waals surface area contributed by atoms with E-state index in [9.17, 15) is 9.59 Å². The van der Waals surface area contributed by atoms with Crippen LogP contribution in [0.2, 0.25) is 0 Å². The van der Waals surface area contributed by atoms with Gasteiger partial charge in [-0.05, 0) is 37.6 Å². The summed E-state index contributed by atoms with van der Waals surface area (Å²) in [5.41, 5.74) is 3.48. The topological polar surface area (TPSA) is 56.4 Å². The van der Waals surface area contributed by atoms with Crippen LogP contribution >= 0.6 is 0 Å². The molecule has 0 aliphatic carbocycles. The van der Waals surface area contributed by atoms with Crippen LogP contribution in [0.15, 0.2) is 36.5 Å². The van der Waals surface area contributed by atoms with E-state index in [-0.39, 0.29) is 11.7 Å². The van der Waals surface area contributed by atoms with E-state index in [2.05, 4.69) is 41.1 Å². The summed E-state index contributed by atoms with van der Waals surface area (Å²) in [7, 11) is 0. The molecule has 5 heteroatoms. The van der Waals surface area contributed by atoms with Gasteiger partial charge in [-0.2, -0.15) is 0 Å². The molecule has 1 aliphatic heterocycles. The molecule has 0 atom stereocenters. The molecule has 2 heterocycles. The number of amides is 1. The highest BCUT2D eigenvalue weighted by molar-refractivity contribution is 5.99. The maximum Gasteiger partial charge on any atom is 0.270 e. The quantitative estimate of drug-likeness (QED) is 0.886. The Morgan fingerprint density at radius 1 is 1.09 bits per heavy atom. The minimum absolute atomic E-state index is 0.0374. The second-order valence-electron chi connectivity index (χ2n) is 5.98. The van der Waals surface area contributed by atoms with Gasteiger partial charge in [-0.3, -0.25) is 9.59 Å². The molecule has 0 unspecified atom stereocenters. The van der Waals surface area contributed by atoms with E-state index in [1.54, 1.807) is 12.3 Å². The van der Waals surface area contributed by atoms with Gasteiger partial charge in [-0.1, -0.05) is 12.1 Å². The van der Waals surface area contributed by atoms with E-state index in [0.29, 0.717) is 24.3 Å². The van der Waals surface area contributed by atoms with Gasteiger partial charge in [0, 0.05) is 43.6 Å². The Labute approximate surface area is 135 Å². The molecular weight excluding hydrogens is 290 g/mol. The van der Waals surface area contributed by atoms with Crippen LogP contribution < -0.4 is 4.90 Å². The summed E-state index contributed by atoms with van der Waals surface area (Å²) in [5, 5.41) is 0. The molecule has 3 rings (SSSR count). The van der Waals surface area contributed by atoms with Gasteiger partial charge in [0.15, 0.2) is 5.78 Å². The number of ketones is 1. The first-order valence-corrected chi connectivity index (χ1v) is 7.85. The molecule has 5 nitrogen and oxygen atoms in total. The standard InChI is InChI=1S/C18H21N3O2/c1-13-4-3-5-16(10-13)20-6-8-21(9-7-20)18(23)17-11-15(12-19-17)14(2)22/h3-5,10-12,19H,6-9H2,1-2H3. The molecule has 23 heavy (non-hydrogen) atoms. The first-order valence-electron chi connectivity index (χ1n) is 7.85. The number of nitrogens with zero attached hydrogens (tertiary/aromatic N) is 2. The fourth-order valence-corrected chi connectivity index (χ4v) is 2.88. The minimum Gasteiger partial charge on any atom is -0.368 e. The van der Waals surface area contributed by atoms with Crippen LogP contribution in [-0.2, 0) is 0 Å². The highest BCUT2D eigenvalue weighted by atomic mass is 16.2. The third-order valence-corrected chi connectivity index (χ3v) is 4.25. The van der Waals surface area contributed by atoms with E-state index < -0.39 is 0 Å². The smallest absolute Gasteiger partial charge is 0.270 e. The SMILES string of the molecule is CC(=O)c1c[nH]c(C(=O)N2CCN(c3cccc(C)c3)CC2)c1. The Hall–Kier alpha value is -2.56. The number of carbonyl (C=O) groups is 2. The van der Waals surface area contributed by atoms with Crippen LogP contribution in [0.5, 0.6) is 0 Å². The molecule has 2 aromatic rings. The van der Waals surface area contributed by atoms with Gasteiger partial charge >= 0.3 is 0 Å². The average Bonchev–Trinajstić information content (AvgIpc) is 3.04. The van der Waals surface area contributed by atoms with Crippen LogP contribution in [-0.4, -0.2) is 47.8 Å². The second-order valence-corrected chi connectivity index (χ2v) is 5.98. The van der Waals surface area contributed by atoms with Crippen LogP contribution in [0, 0.1) is 6.92 Å². The number of rotatable bonds is 3. The van der Waals surface area contributed by atoms with Crippen molar-refractivity contribution in [3.05, 3.63) is 53.3 Å². The number of piperazine rings is 1. The second kappa shape index (κ2) is 6.28. The zero-order chi connectivity index (χ0) is 16.4. The number of benzene rings is 1. The van der Waals surface area contributed by atoms with Crippen molar-refractivity contribution in [3.63, 3.8) is 0 Å². The molecule has 120 valence electrons. The molecule has 1 saturated heterocycles. The molecular formula is C18H21N3O2. The summed E-state index contributed by atoms with van der Waals surface area (Å²) in [6.07, 6.45) is 1.60. The molecule has 1 aliphatic rings. The predicted molar refractivity (Wildman–Crippen MR) is 90.1 cm³/mol. The molecule has 0 bridgehead atoms. The lowest BCUT2D eigenvalue weighted by atomic mass is 10.2. The maximum atomic E-state index is 12.5. The minimum atomic E-state index is -0.0404. The first-order chi connectivity index (χ1) is 11.0. The van der Waals surface area contributed by atoms with Gasteiger partial charge in [-0.15, -0.1) is 0 Å². The normalized spacial score (nSPS) is 14.9. The van der Waals surface area contributed by atoms with Crippen molar-refractivity contribution in [2.24, 2.45) is 0 Å². The molecule has 1 aromatic carbocycles. The van der Waals surface area contributed by atoms with Gasteiger partial charge in [0.1, 0.15) is 5.69 Å². The highest BCUT2D eigenvalue weighted by Crippen LogP contribution is 2.18. The van der Waals surface area contributed by atoms with Crippen molar-refractivity contribution in [1.29, 1.82) is 0 Å². The number of H-pyrrole nitrogens is 1.